The van der Waals surface area contributed by atoms with E-state index in [0.29, 0.717) is 23.8 Å². The molecular weight excluding hydrogens is 481 g/mol. The van der Waals surface area contributed by atoms with Crippen LogP contribution in [0.5, 0.6) is 11.5 Å². The summed E-state index contributed by atoms with van der Waals surface area (Å²) in [5.41, 5.74) is 3.07. The summed E-state index contributed by atoms with van der Waals surface area (Å²) >= 11 is 0. The molecule has 0 bridgehead atoms. The number of non-ortho nitro benzene ring substituents is 1. The SMILES string of the molecule is COc1cc2c(c(OC)c1N=Nc1ccc([N+](=O)[O-])cc1C#N)C(C)=CC(C)(C)N2CCCCOP. The number of benzene rings is 2. The minimum atomic E-state index is -0.562. The van der Waals surface area contributed by atoms with E-state index in [1.165, 1.54) is 18.2 Å². The molecule has 0 fully saturated rings. The van der Waals surface area contributed by atoms with Crippen LogP contribution in [0.3, 0.4) is 0 Å². The molecule has 2 aromatic rings. The van der Waals surface area contributed by atoms with Crippen LogP contribution in [-0.4, -0.2) is 37.8 Å². The number of methoxy groups -OCH3 is 2. The summed E-state index contributed by atoms with van der Waals surface area (Å²) in [6, 6.07) is 7.72. The predicted octanol–water partition coefficient (Wildman–Crippen LogP) is 6.49. The summed E-state index contributed by atoms with van der Waals surface area (Å²) in [6.07, 6.45) is 4.06. The molecule has 1 aliphatic rings. The average Bonchev–Trinajstić information content (AvgIpc) is 2.85. The second-order valence-electron chi connectivity index (χ2n) is 8.84. The van der Waals surface area contributed by atoms with E-state index >= 15 is 0 Å². The number of nitro benzene ring substituents is 1. The fourth-order valence-electron chi connectivity index (χ4n) is 4.43. The smallest absolute Gasteiger partial charge is 0.270 e. The van der Waals surface area contributed by atoms with Gasteiger partial charge in [-0.15, -0.1) is 10.2 Å². The number of fused-ring (bicyclic) bond motifs is 1. The molecule has 2 aromatic carbocycles. The standard InChI is InChI=1S/C25H30N5O5P/c1-16-14-25(2,3)29(10-6-7-11-35-36)20-13-21(33-4)23(24(34-5)22(16)20)28-27-19-9-8-18(30(31)32)12-17(19)15-26/h8-9,12-14H,6-7,10-11,36H2,1-5H3. The van der Waals surface area contributed by atoms with Crippen molar-refractivity contribution in [2.24, 2.45) is 10.2 Å². The highest BCUT2D eigenvalue weighted by molar-refractivity contribution is 7.09. The van der Waals surface area contributed by atoms with Crippen molar-refractivity contribution in [1.82, 2.24) is 0 Å². The first kappa shape index (κ1) is 27.1. The molecule has 0 aromatic heterocycles. The molecule has 190 valence electrons. The lowest BCUT2D eigenvalue weighted by Gasteiger charge is -2.44. The molecule has 0 saturated heterocycles. The van der Waals surface area contributed by atoms with E-state index < -0.39 is 4.92 Å². The van der Waals surface area contributed by atoms with Crippen molar-refractivity contribution in [3.8, 4) is 17.6 Å². The van der Waals surface area contributed by atoms with E-state index in [2.05, 4.69) is 44.5 Å². The summed E-state index contributed by atoms with van der Waals surface area (Å²) in [7, 11) is 5.39. The summed E-state index contributed by atoms with van der Waals surface area (Å²) in [5.74, 6) is 0.953. The minimum Gasteiger partial charge on any atom is -0.494 e. The molecule has 10 nitrogen and oxygen atoms in total. The van der Waals surface area contributed by atoms with Crippen molar-refractivity contribution >= 4 is 37.8 Å². The maximum atomic E-state index is 11.1. The molecule has 0 spiro atoms. The van der Waals surface area contributed by atoms with Gasteiger partial charge in [-0.05, 0) is 45.3 Å². The topological polar surface area (TPSA) is 123 Å². The molecule has 1 unspecified atom stereocenters. The fraction of sp³-hybridized carbons (Fsp3) is 0.400. The van der Waals surface area contributed by atoms with Crippen molar-refractivity contribution in [2.45, 2.75) is 39.2 Å². The van der Waals surface area contributed by atoms with Gasteiger partial charge in [0.1, 0.15) is 11.8 Å². The van der Waals surface area contributed by atoms with Crippen molar-refractivity contribution < 1.29 is 18.9 Å². The van der Waals surface area contributed by atoms with E-state index in [1.807, 2.05) is 19.1 Å². The Morgan fingerprint density at radius 1 is 1.19 bits per heavy atom. The lowest BCUT2D eigenvalue weighted by atomic mass is 9.87. The van der Waals surface area contributed by atoms with E-state index in [-0.39, 0.29) is 22.5 Å². The Balaban J connectivity index is 2.12. The maximum Gasteiger partial charge on any atom is 0.270 e. The lowest BCUT2D eigenvalue weighted by Crippen LogP contribution is -2.45. The van der Waals surface area contributed by atoms with Gasteiger partial charge in [0.15, 0.2) is 17.2 Å². The van der Waals surface area contributed by atoms with E-state index in [9.17, 15) is 15.4 Å². The van der Waals surface area contributed by atoms with E-state index in [0.717, 1.165) is 36.2 Å². The molecule has 0 radical (unpaired) electrons. The zero-order valence-corrected chi connectivity index (χ0v) is 22.2. The molecule has 11 heteroatoms. The predicted molar refractivity (Wildman–Crippen MR) is 142 cm³/mol. The van der Waals surface area contributed by atoms with Crippen molar-refractivity contribution in [3.63, 3.8) is 0 Å². The number of nitro groups is 1. The number of allylic oxidation sites excluding steroid dienone is 1. The second-order valence-corrected chi connectivity index (χ2v) is 9.17. The van der Waals surface area contributed by atoms with Crippen LogP contribution in [0, 0.1) is 21.4 Å². The number of anilines is 1. The third kappa shape index (κ3) is 5.48. The van der Waals surface area contributed by atoms with Crippen LogP contribution < -0.4 is 14.4 Å². The van der Waals surface area contributed by atoms with Crippen LogP contribution in [0.25, 0.3) is 5.57 Å². The summed E-state index contributed by atoms with van der Waals surface area (Å²) in [5, 5.41) is 29.1. The van der Waals surface area contributed by atoms with Gasteiger partial charge in [0.2, 0.25) is 0 Å². The van der Waals surface area contributed by atoms with Crippen LogP contribution in [0.2, 0.25) is 0 Å². The normalized spacial score (nSPS) is 14.2. The van der Waals surface area contributed by atoms with Gasteiger partial charge in [-0.3, -0.25) is 10.1 Å². The largest absolute Gasteiger partial charge is 0.494 e. The number of rotatable bonds is 10. The molecule has 1 atom stereocenters. The average molecular weight is 512 g/mol. The van der Waals surface area contributed by atoms with Gasteiger partial charge in [0.25, 0.3) is 5.69 Å². The quantitative estimate of drug-likeness (QED) is 0.117. The van der Waals surface area contributed by atoms with Crippen LogP contribution in [0.1, 0.15) is 44.7 Å². The molecule has 3 rings (SSSR count). The first-order chi connectivity index (χ1) is 17.2. The third-order valence-corrected chi connectivity index (χ3v) is 6.27. The number of ether oxygens (including phenoxy) is 2. The highest BCUT2D eigenvalue weighted by atomic mass is 31.0. The number of unbranched alkanes of at least 4 members (excludes halogenated alkanes) is 1. The second kappa shape index (κ2) is 11.5. The Hall–Kier alpha value is -3.54. The van der Waals surface area contributed by atoms with Gasteiger partial charge in [0, 0.05) is 39.8 Å². The molecule has 0 N–H and O–H groups in total. The van der Waals surface area contributed by atoms with Gasteiger partial charge >= 0.3 is 0 Å². The Morgan fingerprint density at radius 2 is 1.94 bits per heavy atom. The number of nitrogens with zero attached hydrogens (tertiary/aromatic N) is 5. The minimum absolute atomic E-state index is 0.0438. The van der Waals surface area contributed by atoms with Gasteiger partial charge in [0.05, 0.1) is 42.5 Å². The van der Waals surface area contributed by atoms with Gasteiger partial charge in [-0.2, -0.15) is 5.26 Å². The number of hydrogen-bond acceptors (Lipinski definition) is 9. The zero-order chi connectivity index (χ0) is 26.5. The van der Waals surface area contributed by atoms with E-state index in [1.54, 1.807) is 14.2 Å². The summed E-state index contributed by atoms with van der Waals surface area (Å²) in [6.45, 7) is 7.83. The third-order valence-electron chi connectivity index (χ3n) is 6.04. The number of hydrogen-bond donors (Lipinski definition) is 0. The van der Waals surface area contributed by atoms with Crippen molar-refractivity contribution in [1.29, 1.82) is 5.26 Å². The molecule has 36 heavy (non-hydrogen) atoms. The zero-order valence-electron chi connectivity index (χ0n) is 21.1. The number of azo groups is 1. The summed E-state index contributed by atoms with van der Waals surface area (Å²) < 4.78 is 16.6. The summed E-state index contributed by atoms with van der Waals surface area (Å²) in [4.78, 5) is 12.8. The first-order valence-corrected chi connectivity index (χ1v) is 11.8. The monoisotopic (exact) mass is 511 g/mol. The van der Waals surface area contributed by atoms with Crippen molar-refractivity contribution in [2.75, 3.05) is 32.3 Å². The molecule has 0 saturated carbocycles. The van der Waals surface area contributed by atoms with Gasteiger partial charge in [-0.25, -0.2) is 0 Å². The fourth-order valence-corrected chi connectivity index (χ4v) is 4.59. The van der Waals surface area contributed by atoms with Crippen LogP contribution in [-0.2, 0) is 4.52 Å². The number of nitriles is 1. The lowest BCUT2D eigenvalue weighted by molar-refractivity contribution is -0.384. The first-order valence-electron chi connectivity index (χ1n) is 11.4. The van der Waals surface area contributed by atoms with Crippen molar-refractivity contribution in [3.05, 3.63) is 51.6 Å². The maximum absolute atomic E-state index is 11.1. The Labute approximate surface area is 213 Å². The van der Waals surface area contributed by atoms with Crippen LogP contribution in [0.4, 0.5) is 22.7 Å². The van der Waals surface area contributed by atoms with Crippen LogP contribution >= 0.6 is 9.47 Å². The van der Waals surface area contributed by atoms with Gasteiger partial charge < -0.3 is 18.9 Å². The Kier molecular flexibility index (Phi) is 8.62. The molecule has 1 heterocycles. The molecule has 1 aliphatic heterocycles. The van der Waals surface area contributed by atoms with E-state index in [4.69, 9.17) is 14.0 Å². The molecule has 0 aliphatic carbocycles. The Bertz CT molecular complexity index is 1250. The highest BCUT2D eigenvalue weighted by Gasteiger charge is 2.35. The molecular formula is C25H30N5O5P. The highest BCUT2D eigenvalue weighted by Crippen LogP contribution is 2.52. The molecule has 0 amide bonds. The van der Waals surface area contributed by atoms with Gasteiger partial charge in [-0.1, -0.05) is 6.08 Å². The van der Waals surface area contributed by atoms with Crippen LogP contribution in [0.15, 0.2) is 40.6 Å². The Morgan fingerprint density at radius 3 is 2.56 bits per heavy atom.